The van der Waals surface area contributed by atoms with E-state index < -0.39 is 6.30 Å². The van der Waals surface area contributed by atoms with E-state index in [2.05, 4.69) is 27.0 Å². The fourth-order valence-corrected chi connectivity index (χ4v) is 3.63. The first kappa shape index (κ1) is 27.5. The summed E-state index contributed by atoms with van der Waals surface area (Å²) in [6.07, 6.45) is 2.95. The summed E-state index contributed by atoms with van der Waals surface area (Å²) in [4.78, 5) is 20.8. The Morgan fingerprint density at radius 2 is 2.00 bits per heavy atom. The first-order valence-corrected chi connectivity index (χ1v) is 12.1. The zero-order chi connectivity index (χ0) is 24.9. The van der Waals surface area contributed by atoms with Crippen LogP contribution in [0.2, 0.25) is 0 Å². The molecule has 0 radical (unpaired) electrons. The quantitative estimate of drug-likeness (QED) is 0.651. The molecule has 2 N–H and O–H groups in total. The second-order valence-corrected chi connectivity index (χ2v) is 7.98. The predicted octanol–water partition coefficient (Wildman–Crippen LogP) is 3.72. The normalized spacial score (nSPS) is 16.9. The third-order valence-corrected chi connectivity index (χ3v) is 5.52. The summed E-state index contributed by atoms with van der Waals surface area (Å²) in [7, 11) is 1.84. The highest BCUT2D eigenvalue weighted by Crippen LogP contribution is 2.24. The third-order valence-electron chi connectivity index (χ3n) is 5.52. The zero-order valence-electron chi connectivity index (χ0n) is 20.9. The van der Waals surface area contributed by atoms with E-state index in [0.717, 1.165) is 24.2 Å². The van der Waals surface area contributed by atoms with Crippen molar-refractivity contribution in [1.82, 2.24) is 19.4 Å². The number of aromatic nitrogens is 2. The Bertz CT molecular complexity index is 962. The van der Waals surface area contributed by atoms with Crippen LogP contribution in [0.15, 0.2) is 30.5 Å². The highest BCUT2D eigenvalue weighted by Gasteiger charge is 2.28. The van der Waals surface area contributed by atoms with Gasteiger partial charge in [-0.05, 0) is 31.5 Å². The first-order chi connectivity index (χ1) is 16.5. The largest absolute Gasteiger partial charge is 0.395 e. The molecule has 34 heavy (non-hydrogen) atoms. The van der Waals surface area contributed by atoms with E-state index in [4.69, 9.17) is 5.11 Å². The number of aliphatic hydroxyl groups is 1. The maximum absolute atomic E-state index is 14.3. The SMILES string of the molecule is CC.CCc1ccccc1NC(=O)c1cnc2n1[C@@H](F)CN(C)C2.OCCC#CCN1CCC1. The highest BCUT2D eigenvalue weighted by atomic mass is 19.1. The van der Waals surface area contributed by atoms with Crippen LogP contribution in [0.5, 0.6) is 0 Å². The van der Waals surface area contributed by atoms with Gasteiger partial charge in [0.1, 0.15) is 11.5 Å². The summed E-state index contributed by atoms with van der Waals surface area (Å²) in [5, 5.41) is 11.3. The van der Waals surface area contributed by atoms with E-state index in [-0.39, 0.29) is 24.8 Å². The topological polar surface area (TPSA) is 73.6 Å². The highest BCUT2D eigenvalue weighted by molar-refractivity contribution is 6.03. The molecule has 2 aromatic rings. The molecule has 4 rings (SSSR count). The molecule has 1 fully saturated rings. The van der Waals surface area contributed by atoms with Gasteiger partial charge in [0.05, 0.1) is 25.9 Å². The second-order valence-electron chi connectivity index (χ2n) is 7.98. The molecule has 186 valence electrons. The van der Waals surface area contributed by atoms with Gasteiger partial charge in [0.25, 0.3) is 5.91 Å². The van der Waals surface area contributed by atoms with Crippen molar-refractivity contribution in [1.29, 1.82) is 0 Å². The van der Waals surface area contributed by atoms with Crippen molar-refractivity contribution in [2.24, 2.45) is 0 Å². The van der Waals surface area contributed by atoms with Crippen molar-refractivity contribution in [3.8, 4) is 11.8 Å². The summed E-state index contributed by atoms with van der Waals surface area (Å²) in [6.45, 7) is 10.3. The summed E-state index contributed by atoms with van der Waals surface area (Å²) >= 11 is 0. The number of nitrogens with zero attached hydrogens (tertiary/aromatic N) is 4. The monoisotopic (exact) mass is 471 g/mol. The minimum Gasteiger partial charge on any atom is -0.395 e. The number of rotatable bonds is 5. The molecule has 1 amide bonds. The molecule has 8 heteroatoms. The number of anilines is 1. The lowest BCUT2D eigenvalue weighted by Crippen LogP contribution is -2.37. The number of hydrogen-bond donors (Lipinski definition) is 2. The van der Waals surface area contributed by atoms with Crippen LogP contribution in [0.4, 0.5) is 10.1 Å². The van der Waals surface area contributed by atoms with Gasteiger partial charge in [-0.1, -0.05) is 50.8 Å². The Morgan fingerprint density at radius 1 is 1.26 bits per heavy atom. The number of aliphatic hydroxyl groups excluding tert-OH is 1. The van der Waals surface area contributed by atoms with Gasteiger partial charge in [-0.25, -0.2) is 9.37 Å². The number of likely N-dealkylation sites (N-methyl/N-ethyl adjacent to an activating group) is 1. The average Bonchev–Trinajstić information content (AvgIpc) is 3.24. The first-order valence-electron chi connectivity index (χ1n) is 12.1. The zero-order valence-corrected chi connectivity index (χ0v) is 20.9. The number of carbonyl (C=O) groups is 1. The average molecular weight is 472 g/mol. The number of benzene rings is 1. The standard InChI is InChI=1S/C16H19FN4O.C8H13NO.C2H6/c1-3-11-6-4-5-7-12(11)19-16(22)13-8-18-15-10-20(2)9-14(17)21(13)15;10-8-3-1-2-5-9-6-4-7-9;1-2/h4-8,14H,3,9-10H2,1-2H3,(H,19,22);10H,3-8H2;1-2H3/t14-;;/m1../s1. The van der Waals surface area contributed by atoms with Crippen molar-refractivity contribution in [2.75, 3.05) is 45.2 Å². The van der Waals surface area contributed by atoms with Crippen LogP contribution in [-0.4, -0.2) is 70.2 Å². The molecule has 1 aromatic heterocycles. The lowest BCUT2D eigenvalue weighted by Gasteiger charge is -2.28. The number of para-hydroxylation sites is 1. The lowest BCUT2D eigenvalue weighted by molar-refractivity contribution is 0.0948. The van der Waals surface area contributed by atoms with E-state index in [0.29, 0.717) is 18.8 Å². The molecule has 0 spiro atoms. The summed E-state index contributed by atoms with van der Waals surface area (Å²) in [6, 6.07) is 7.62. The van der Waals surface area contributed by atoms with Gasteiger partial charge < -0.3 is 10.4 Å². The Kier molecular flexibility index (Phi) is 11.7. The molecule has 7 nitrogen and oxygen atoms in total. The van der Waals surface area contributed by atoms with E-state index >= 15 is 0 Å². The van der Waals surface area contributed by atoms with Crippen molar-refractivity contribution >= 4 is 11.6 Å². The summed E-state index contributed by atoms with van der Waals surface area (Å²) < 4.78 is 15.7. The van der Waals surface area contributed by atoms with Gasteiger partial charge in [0, 0.05) is 31.7 Å². The number of fused-ring (bicyclic) bond motifs is 1. The van der Waals surface area contributed by atoms with Gasteiger partial charge in [-0.2, -0.15) is 0 Å². The van der Waals surface area contributed by atoms with E-state index in [1.165, 1.54) is 30.3 Å². The summed E-state index contributed by atoms with van der Waals surface area (Å²) in [5.41, 5.74) is 2.07. The van der Waals surface area contributed by atoms with Crippen LogP contribution in [0, 0.1) is 11.8 Å². The molecule has 2 aliphatic rings. The van der Waals surface area contributed by atoms with Crippen LogP contribution < -0.4 is 5.32 Å². The van der Waals surface area contributed by atoms with Crippen LogP contribution in [-0.2, 0) is 13.0 Å². The maximum Gasteiger partial charge on any atom is 0.274 e. The fourth-order valence-electron chi connectivity index (χ4n) is 3.63. The van der Waals surface area contributed by atoms with Gasteiger partial charge in [-0.3, -0.25) is 19.2 Å². The Balaban J connectivity index is 0.000000286. The second kappa shape index (κ2) is 14.5. The molecular formula is C26H38FN5O2. The lowest BCUT2D eigenvalue weighted by atomic mass is 10.1. The van der Waals surface area contributed by atoms with Crippen LogP contribution in [0.25, 0.3) is 0 Å². The number of halogens is 1. The van der Waals surface area contributed by atoms with Crippen molar-refractivity contribution in [2.45, 2.75) is 52.9 Å². The number of carbonyl (C=O) groups excluding carboxylic acids is 1. The van der Waals surface area contributed by atoms with Crippen molar-refractivity contribution in [3.05, 3.63) is 47.5 Å². The number of aryl methyl sites for hydroxylation is 1. The number of imidazole rings is 1. The Hall–Kier alpha value is -2.73. The van der Waals surface area contributed by atoms with E-state index in [9.17, 15) is 9.18 Å². The summed E-state index contributed by atoms with van der Waals surface area (Å²) in [5.74, 6) is 6.15. The van der Waals surface area contributed by atoms with Crippen LogP contribution >= 0.6 is 0 Å². The van der Waals surface area contributed by atoms with E-state index in [1.54, 1.807) is 0 Å². The number of nitrogens with one attached hydrogen (secondary N) is 1. The molecule has 0 saturated carbocycles. The minimum atomic E-state index is -1.25. The molecule has 1 aromatic carbocycles. The molecule has 0 unspecified atom stereocenters. The molecule has 2 aliphatic heterocycles. The van der Waals surface area contributed by atoms with Gasteiger partial charge >= 0.3 is 0 Å². The van der Waals surface area contributed by atoms with E-state index in [1.807, 2.05) is 57.0 Å². The molecule has 0 aliphatic carbocycles. The molecule has 1 saturated heterocycles. The predicted molar refractivity (Wildman–Crippen MR) is 134 cm³/mol. The Morgan fingerprint density at radius 3 is 2.65 bits per heavy atom. The molecular weight excluding hydrogens is 433 g/mol. The smallest absolute Gasteiger partial charge is 0.274 e. The van der Waals surface area contributed by atoms with Gasteiger partial charge in [0.15, 0.2) is 6.30 Å². The number of alkyl halides is 1. The van der Waals surface area contributed by atoms with Crippen molar-refractivity contribution < 1.29 is 14.3 Å². The minimum absolute atomic E-state index is 0.188. The van der Waals surface area contributed by atoms with Crippen LogP contribution in [0.3, 0.4) is 0 Å². The third kappa shape index (κ3) is 7.66. The number of likely N-dealkylation sites (tertiary alicyclic amines) is 1. The van der Waals surface area contributed by atoms with Crippen molar-refractivity contribution in [3.63, 3.8) is 0 Å². The molecule has 3 heterocycles. The van der Waals surface area contributed by atoms with Crippen LogP contribution in [0.1, 0.15) is 61.8 Å². The molecule has 1 atom stereocenters. The van der Waals surface area contributed by atoms with Gasteiger partial charge in [0.2, 0.25) is 0 Å². The fraction of sp³-hybridized carbons (Fsp3) is 0.538. The number of hydrogen-bond acceptors (Lipinski definition) is 5. The Labute approximate surface area is 203 Å². The maximum atomic E-state index is 14.3. The molecule has 0 bridgehead atoms. The van der Waals surface area contributed by atoms with Gasteiger partial charge in [-0.15, -0.1) is 0 Å². The number of amides is 1.